The predicted octanol–water partition coefficient (Wildman–Crippen LogP) is 3.19. The summed E-state index contributed by atoms with van der Waals surface area (Å²) in [6.45, 7) is 1.87. The van der Waals surface area contributed by atoms with Gasteiger partial charge in [0.25, 0.3) is 11.8 Å². The first-order chi connectivity index (χ1) is 13.7. The highest BCUT2D eigenvalue weighted by Gasteiger charge is 2.19. The van der Waals surface area contributed by atoms with Gasteiger partial charge in [-0.3, -0.25) is 9.59 Å². The van der Waals surface area contributed by atoms with Crippen LogP contribution in [0.4, 0.5) is 11.4 Å². The largest absolute Gasteiger partial charge is 0.319 e. The number of carbonyl (C=O) groups is 2. The Bertz CT molecular complexity index is 969. The van der Waals surface area contributed by atoms with Gasteiger partial charge in [0.05, 0.1) is 28.5 Å². The minimum Gasteiger partial charge on any atom is -0.319 e. The van der Waals surface area contributed by atoms with Gasteiger partial charge in [-0.25, -0.2) is 4.68 Å². The Morgan fingerprint density at radius 2 is 1.72 bits per heavy atom. The lowest BCUT2D eigenvalue weighted by atomic mass is 10.1. The lowest BCUT2D eigenvalue weighted by Gasteiger charge is -2.22. The zero-order chi connectivity index (χ0) is 19.3. The first-order valence-electron chi connectivity index (χ1n) is 9.08. The van der Waals surface area contributed by atoms with Crippen molar-refractivity contribution in [3.05, 3.63) is 58.5 Å². The van der Waals surface area contributed by atoms with Gasteiger partial charge >= 0.3 is 0 Å². The van der Waals surface area contributed by atoms with Crippen LogP contribution in [0.5, 0.6) is 0 Å². The number of hydrogen-bond acceptors (Lipinski definition) is 6. The van der Waals surface area contributed by atoms with Crippen molar-refractivity contribution in [2.75, 3.05) is 23.7 Å². The van der Waals surface area contributed by atoms with E-state index in [1.807, 2.05) is 11.4 Å². The van der Waals surface area contributed by atoms with Crippen molar-refractivity contribution < 1.29 is 9.59 Å². The van der Waals surface area contributed by atoms with Crippen molar-refractivity contribution in [1.82, 2.24) is 20.3 Å². The maximum atomic E-state index is 12.6. The summed E-state index contributed by atoms with van der Waals surface area (Å²) in [5.74, 6) is -0.577. The first kappa shape index (κ1) is 21.0. The molecule has 1 aliphatic heterocycles. The molecule has 29 heavy (non-hydrogen) atoms. The zero-order valence-electron chi connectivity index (χ0n) is 15.5. The normalized spacial score (nSPS) is 14.1. The SMILES string of the molecule is Cl.O=C(Nc1ccccc1NC(=O)c1cccs1)c1cn(C2CCNCC2)nn1. The van der Waals surface area contributed by atoms with Crippen molar-refractivity contribution in [2.45, 2.75) is 18.9 Å². The Morgan fingerprint density at radius 3 is 2.38 bits per heavy atom. The molecule has 1 aliphatic rings. The molecule has 2 aromatic heterocycles. The average Bonchev–Trinajstić information content (AvgIpc) is 3.42. The lowest BCUT2D eigenvalue weighted by molar-refractivity contribution is 0.101. The van der Waals surface area contributed by atoms with Crippen molar-refractivity contribution in [3.8, 4) is 0 Å². The molecular weight excluding hydrogens is 412 g/mol. The summed E-state index contributed by atoms with van der Waals surface area (Å²) in [7, 11) is 0. The molecule has 2 amide bonds. The predicted molar refractivity (Wildman–Crippen MR) is 115 cm³/mol. The minimum absolute atomic E-state index is 0. The molecule has 4 rings (SSSR count). The van der Waals surface area contributed by atoms with Crippen LogP contribution in [0.15, 0.2) is 48.0 Å². The summed E-state index contributed by atoms with van der Waals surface area (Å²) < 4.78 is 1.76. The van der Waals surface area contributed by atoms with Crippen LogP contribution in [0, 0.1) is 0 Å². The molecule has 1 aromatic carbocycles. The Kier molecular flexibility index (Phi) is 6.97. The summed E-state index contributed by atoms with van der Waals surface area (Å²) in [5.41, 5.74) is 1.28. The van der Waals surface area contributed by atoms with E-state index in [9.17, 15) is 9.59 Å². The van der Waals surface area contributed by atoms with Gasteiger partial charge in [0, 0.05) is 0 Å². The number of hydrogen-bond donors (Lipinski definition) is 3. The number of nitrogens with one attached hydrogen (secondary N) is 3. The average molecular weight is 433 g/mol. The molecule has 8 nitrogen and oxygen atoms in total. The fourth-order valence-electron chi connectivity index (χ4n) is 3.11. The van der Waals surface area contributed by atoms with Gasteiger partial charge in [0.1, 0.15) is 0 Å². The highest BCUT2D eigenvalue weighted by Crippen LogP contribution is 2.23. The van der Waals surface area contributed by atoms with E-state index in [-0.39, 0.29) is 36.0 Å². The molecule has 0 spiro atoms. The number of carbonyl (C=O) groups excluding carboxylic acids is 2. The number of amides is 2. The second-order valence-corrected chi connectivity index (χ2v) is 7.44. The standard InChI is InChI=1S/C19H20N6O2S.ClH/c26-18(16-12-25(24-23-16)13-7-9-20-10-8-13)21-14-4-1-2-5-15(14)22-19(27)17-6-3-11-28-17;/h1-6,11-13,20H,7-10H2,(H,21,26)(H,22,27);1H. The molecule has 0 atom stereocenters. The fourth-order valence-corrected chi connectivity index (χ4v) is 3.73. The molecule has 1 fully saturated rings. The number of aromatic nitrogens is 3. The van der Waals surface area contributed by atoms with Crippen molar-refractivity contribution >= 4 is 46.9 Å². The number of thiophene rings is 1. The van der Waals surface area contributed by atoms with E-state index in [0.29, 0.717) is 16.3 Å². The van der Waals surface area contributed by atoms with Crippen LogP contribution in [0.1, 0.15) is 39.0 Å². The van der Waals surface area contributed by atoms with Crippen LogP contribution >= 0.6 is 23.7 Å². The third-order valence-electron chi connectivity index (χ3n) is 4.59. The quantitative estimate of drug-likeness (QED) is 0.574. The van der Waals surface area contributed by atoms with Crippen LogP contribution in [0.25, 0.3) is 0 Å². The fraction of sp³-hybridized carbons (Fsp3) is 0.263. The molecular formula is C19H21ClN6O2S. The Morgan fingerprint density at radius 1 is 1.03 bits per heavy atom. The number of piperidine rings is 1. The molecule has 152 valence electrons. The zero-order valence-corrected chi connectivity index (χ0v) is 17.1. The van der Waals surface area contributed by atoms with Gasteiger partial charge in [-0.1, -0.05) is 23.4 Å². The van der Waals surface area contributed by atoms with Gasteiger partial charge < -0.3 is 16.0 Å². The molecule has 0 radical (unpaired) electrons. The second-order valence-electron chi connectivity index (χ2n) is 6.50. The molecule has 3 heterocycles. The van der Waals surface area contributed by atoms with Gasteiger partial charge in [-0.2, -0.15) is 0 Å². The van der Waals surface area contributed by atoms with E-state index in [4.69, 9.17) is 0 Å². The third kappa shape index (κ3) is 5.00. The number of anilines is 2. The highest BCUT2D eigenvalue weighted by atomic mass is 35.5. The van der Waals surface area contributed by atoms with Crippen LogP contribution < -0.4 is 16.0 Å². The summed E-state index contributed by atoms with van der Waals surface area (Å²) in [6, 6.07) is 10.9. The van der Waals surface area contributed by atoms with Crippen LogP contribution in [-0.2, 0) is 0 Å². The van der Waals surface area contributed by atoms with E-state index in [0.717, 1.165) is 25.9 Å². The third-order valence-corrected chi connectivity index (χ3v) is 5.46. The summed E-state index contributed by atoms with van der Waals surface area (Å²) >= 11 is 1.36. The molecule has 3 N–H and O–H groups in total. The summed E-state index contributed by atoms with van der Waals surface area (Å²) in [5, 5.41) is 18.9. The Balaban J connectivity index is 0.00000240. The number of halogens is 1. The van der Waals surface area contributed by atoms with Gasteiger partial charge in [-0.15, -0.1) is 28.8 Å². The molecule has 0 bridgehead atoms. The monoisotopic (exact) mass is 432 g/mol. The van der Waals surface area contributed by atoms with E-state index < -0.39 is 0 Å². The van der Waals surface area contributed by atoms with E-state index >= 15 is 0 Å². The van der Waals surface area contributed by atoms with Crippen molar-refractivity contribution in [3.63, 3.8) is 0 Å². The molecule has 3 aromatic rings. The van der Waals surface area contributed by atoms with E-state index in [1.165, 1.54) is 11.3 Å². The van der Waals surface area contributed by atoms with Crippen LogP contribution in [0.3, 0.4) is 0 Å². The van der Waals surface area contributed by atoms with Crippen LogP contribution in [0.2, 0.25) is 0 Å². The molecule has 1 saturated heterocycles. The minimum atomic E-state index is -0.363. The summed E-state index contributed by atoms with van der Waals surface area (Å²) in [4.78, 5) is 25.5. The summed E-state index contributed by atoms with van der Waals surface area (Å²) in [6.07, 6.45) is 3.60. The molecule has 0 unspecified atom stereocenters. The maximum absolute atomic E-state index is 12.6. The van der Waals surface area contributed by atoms with Gasteiger partial charge in [0.2, 0.25) is 0 Å². The number of para-hydroxylation sites is 2. The highest BCUT2D eigenvalue weighted by molar-refractivity contribution is 7.12. The second kappa shape index (κ2) is 9.64. The van der Waals surface area contributed by atoms with E-state index in [1.54, 1.807) is 41.2 Å². The number of rotatable bonds is 5. The molecule has 0 saturated carbocycles. The van der Waals surface area contributed by atoms with E-state index in [2.05, 4.69) is 26.3 Å². The molecule has 0 aliphatic carbocycles. The van der Waals surface area contributed by atoms with Crippen LogP contribution in [-0.4, -0.2) is 39.9 Å². The van der Waals surface area contributed by atoms with Crippen molar-refractivity contribution in [2.24, 2.45) is 0 Å². The van der Waals surface area contributed by atoms with Gasteiger partial charge in [-0.05, 0) is 49.5 Å². The number of nitrogens with zero attached hydrogens (tertiary/aromatic N) is 3. The number of benzene rings is 1. The Labute approximate surface area is 178 Å². The smallest absolute Gasteiger partial charge is 0.277 e. The topological polar surface area (TPSA) is 101 Å². The Hall–Kier alpha value is -2.75. The first-order valence-corrected chi connectivity index (χ1v) is 9.96. The molecule has 10 heteroatoms. The maximum Gasteiger partial charge on any atom is 0.277 e. The lowest BCUT2D eigenvalue weighted by Crippen LogP contribution is -2.29. The van der Waals surface area contributed by atoms with Gasteiger partial charge in [0.15, 0.2) is 5.69 Å². The van der Waals surface area contributed by atoms with Crippen molar-refractivity contribution in [1.29, 1.82) is 0 Å².